The largest absolute Gasteiger partial charge is 0.478 e. The van der Waals surface area contributed by atoms with E-state index >= 15 is 0 Å². The minimum absolute atomic E-state index is 0.0185. The molecule has 0 spiro atoms. The van der Waals surface area contributed by atoms with Gasteiger partial charge in [0.25, 0.3) is 0 Å². The zero-order valence-corrected chi connectivity index (χ0v) is 20.5. The zero-order chi connectivity index (χ0) is 25.3. The molecule has 7 nitrogen and oxygen atoms in total. The van der Waals surface area contributed by atoms with E-state index in [1.807, 2.05) is 36.4 Å². The van der Waals surface area contributed by atoms with Gasteiger partial charge in [-0.3, -0.25) is 4.79 Å². The van der Waals surface area contributed by atoms with Gasteiger partial charge in [-0.25, -0.2) is 23.1 Å². The summed E-state index contributed by atoms with van der Waals surface area (Å²) in [6.07, 6.45) is 1.95. The Morgan fingerprint density at radius 3 is 2.23 bits per heavy atom. The summed E-state index contributed by atoms with van der Waals surface area (Å²) in [5, 5.41) is 9.14. The summed E-state index contributed by atoms with van der Waals surface area (Å²) in [7, 11) is -3.61. The molecule has 0 aliphatic rings. The van der Waals surface area contributed by atoms with Crippen molar-refractivity contribution in [1.82, 2.24) is 5.43 Å². The number of carboxylic acids is 1. The molecule has 184 valence electrons. The van der Waals surface area contributed by atoms with E-state index in [0.29, 0.717) is 37.1 Å². The van der Waals surface area contributed by atoms with Gasteiger partial charge in [0, 0.05) is 18.5 Å². The van der Waals surface area contributed by atoms with Crippen LogP contribution in [0.4, 0.5) is 5.69 Å². The Labute approximate surface area is 206 Å². The Morgan fingerprint density at radius 1 is 0.886 bits per heavy atom. The topological polar surface area (TPSA) is 104 Å². The Morgan fingerprint density at radius 2 is 1.57 bits per heavy atom. The van der Waals surface area contributed by atoms with Crippen molar-refractivity contribution in [3.05, 3.63) is 101 Å². The first-order valence-corrected chi connectivity index (χ1v) is 13.2. The number of hydrogen-bond donors (Lipinski definition) is 2. The second kappa shape index (κ2) is 12.3. The minimum Gasteiger partial charge on any atom is -0.478 e. The van der Waals surface area contributed by atoms with Crippen molar-refractivity contribution in [2.75, 3.05) is 16.7 Å². The van der Waals surface area contributed by atoms with Crippen molar-refractivity contribution in [1.29, 1.82) is 0 Å². The van der Waals surface area contributed by atoms with Crippen molar-refractivity contribution < 1.29 is 23.1 Å². The van der Waals surface area contributed by atoms with Crippen molar-refractivity contribution in [2.24, 2.45) is 0 Å². The van der Waals surface area contributed by atoms with Crippen LogP contribution >= 0.6 is 0 Å². The van der Waals surface area contributed by atoms with Crippen molar-refractivity contribution in [2.45, 2.75) is 32.6 Å². The van der Waals surface area contributed by atoms with Crippen molar-refractivity contribution >= 4 is 27.5 Å². The zero-order valence-electron chi connectivity index (χ0n) is 19.7. The van der Waals surface area contributed by atoms with E-state index in [1.54, 1.807) is 43.3 Å². The number of carboxylic acid groups (broad SMARTS) is 1. The van der Waals surface area contributed by atoms with Gasteiger partial charge in [0.2, 0.25) is 10.0 Å². The Kier molecular flexibility index (Phi) is 9.17. The third-order valence-corrected chi connectivity index (χ3v) is 7.26. The molecule has 3 aromatic carbocycles. The Bertz CT molecular complexity index is 1240. The molecule has 0 saturated heterocycles. The molecule has 0 aliphatic heterocycles. The molecule has 3 aromatic rings. The smallest absolute Gasteiger partial charge is 0.335 e. The number of hydrogen-bond acceptors (Lipinski definition) is 5. The summed E-state index contributed by atoms with van der Waals surface area (Å²) in [6.45, 7) is 2.17. The van der Waals surface area contributed by atoms with Crippen LogP contribution in [0.5, 0.6) is 0 Å². The predicted octanol–water partition coefficient (Wildman–Crippen LogP) is 4.49. The minimum atomic E-state index is -3.61. The highest BCUT2D eigenvalue weighted by molar-refractivity contribution is 7.92. The van der Waals surface area contributed by atoms with Crippen LogP contribution in [0, 0.1) is 0 Å². The maximum Gasteiger partial charge on any atom is 0.335 e. The molecule has 8 heteroatoms. The molecule has 0 radical (unpaired) electrons. The van der Waals surface area contributed by atoms with Crippen LogP contribution in [0.15, 0.2) is 78.9 Å². The monoisotopic (exact) mass is 494 g/mol. The molecular formula is C27H30N2O5S. The number of rotatable bonds is 13. The van der Waals surface area contributed by atoms with Crippen LogP contribution in [0.25, 0.3) is 0 Å². The number of aryl methyl sites for hydroxylation is 1. The molecule has 0 aliphatic carbocycles. The fourth-order valence-electron chi connectivity index (χ4n) is 3.70. The highest BCUT2D eigenvalue weighted by Gasteiger charge is 2.22. The van der Waals surface area contributed by atoms with Gasteiger partial charge in [0.05, 0.1) is 17.0 Å². The van der Waals surface area contributed by atoms with Gasteiger partial charge in [0.1, 0.15) is 0 Å². The van der Waals surface area contributed by atoms with Crippen LogP contribution < -0.4 is 9.84 Å². The number of hydrazine groups is 1. The van der Waals surface area contributed by atoms with Crippen LogP contribution in [0.3, 0.4) is 0 Å². The van der Waals surface area contributed by atoms with Gasteiger partial charge < -0.3 is 5.11 Å². The fourth-order valence-corrected chi connectivity index (χ4v) is 5.13. The number of benzene rings is 3. The van der Waals surface area contributed by atoms with Gasteiger partial charge >= 0.3 is 5.97 Å². The number of aromatic carboxylic acids is 1. The lowest BCUT2D eigenvalue weighted by Gasteiger charge is -2.25. The van der Waals surface area contributed by atoms with Crippen LogP contribution in [-0.2, 0) is 22.9 Å². The van der Waals surface area contributed by atoms with E-state index in [4.69, 9.17) is 5.11 Å². The molecule has 0 fully saturated rings. The first-order chi connectivity index (χ1) is 16.8. The molecule has 35 heavy (non-hydrogen) atoms. The van der Waals surface area contributed by atoms with Gasteiger partial charge in [-0.05, 0) is 66.8 Å². The predicted molar refractivity (Wildman–Crippen MR) is 137 cm³/mol. The quantitative estimate of drug-likeness (QED) is 0.206. The number of ketones is 1. The maximum absolute atomic E-state index is 12.9. The number of nitrogens with zero attached hydrogens (tertiary/aromatic N) is 1. The number of sulfonamides is 1. The molecule has 0 unspecified atom stereocenters. The van der Waals surface area contributed by atoms with Gasteiger partial charge in [-0.15, -0.1) is 0 Å². The van der Waals surface area contributed by atoms with Crippen molar-refractivity contribution in [3.8, 4) is 0 Å². The second-order valence-electron chi connectivity index (χ2n) is 8.23. The summed E-state index contributed by atoms with van der Waals surface area (Å²) < 4.78 is 27.0. The summed E-state index contributed by atoms with van der Waals surface area (Å²) >= 11 is 0. The van der Waals surface area contributed by atoms with Crippen molar-refractivity contribution in [3.63, 3.8) is 0 Å². The van der Waals surface area contributed by atoms with Gasteiger partial charge in [-0.1, -0.05) is 49.4 Å². The molecule has 0 atom stereocenters. The highest BCUT2D eigenvalue weighted by atomic mass is 32.2. The van der Waals surface area contributed by atoms with E-state index in [1.165, 1.54) is 10.5 Å². The van der Waals surface area contributed by atoms with E-state index < -0.39 is 16.0 Å². The number of Topliss-reactive ketones (excluding diaryl/α,β-unsaturated/α-hetero) is 1. The first-order valence-electron chi connectivity index (χ1n) is 11.6. The van der Waals surface area contributed by atoms with Gasteiger partial charge in [0.15, 0.2) is 5.78 Å². The highest BCUT2D eigenvalue weighted by Crippen LogP contribution is 2.19. The third kappa shape index (κ3) is 7.50. The lowest BCUT2D eigenvalue weighted by molar-refractivity contribution is 0.0696. The molecular weight excluding hydrogens is 464 g/mol. The lowest BCUT2D eigenvalue weighted by Crippen LogP contribution is -2.44. The lowest BCUT2D eigenvalue weighted by atomic mass is 10.0. The summed E-state index contributed by atoms with van der Waals surface area (Å²) in [5.41, 5.74) is 5.97. The second-order valence-corrected chi connectivity index (χ2v) is 10.2. The molecule has 0 aromatic heterocycles. The SMILES string of the molecule is CCCS(=O)(=O)N(NCCCc1cccc(C(=O)O)c1)c1ccc(C(=O)Cc2ccccc2)cc1. The molecule has 0 bridgehead atoms. The first kappa shape index (κ1) is 26.1. The molecule has 0 amide bonds. The molecule has 0 saturated carbocycles. The van der Waals surface area contributed by atoms with E-state index in [2.05, 4.69) is 5.43 Å². The van der Waals surface area contributed by atoms with Crippen LogP contribution in [0.2, 0.25) is 0 Å². The Balaban J connectivity index is 1.67. The maximum atomic E-state index is 12.9. The average molecular weight is 495 g/mol. The standard InChI is InChI=1S/C27H30N2O5S/c1-2-18-35(33,34)29(28-17-7-11-21-10-6-12-24(19-21)27(31)32)25-15-13-23(14-16-25)26(30)20-22-8-4-3-5-9-22/h3-6,8-10,12-16,19,28H,2,7,11,17-18,20H2,1H3,(H,31,32). The van der Waals surface area contributed by atoms with E-state index in [9.17, 15) is 18.0 Å². The van der Waals surface area contributed by atoms with Crippen LogP contribution in [0.1, 0.15) is 51.6 Å². The molecule has 0 heterocycles. The molecule has 3 rings (SSSR count). The molecule has 2 N–H and O–H groups in total. The number of carbonyl (C=O) groups is 2. The summed E-state index contributed by atoms with van der Waals surface area (Å²) in [6, 6.07) is 22.7. The third-order valence-electron chi connectivity index (χ3n) is 5.44. The van der Waals surface area contributed by atoms with E-state index in [0.717, 1.165) is 11.1 Å². The number of anilines is 1. The number of carbonyl (C=O) groups excluding carboxylic acids is 1. The summed E-state index contributed by atoms with van der Waals surface area (Å²) in [4.78, 5) is 23.8. The summed E-state index contributed by atoms with van der Waals surface area (Å²) in [5.74, 6) is -1.04. The van der Waals surface area contributed by atoms with E-state index in [-0.39, 0.29) is 23.5 Å². The fraction of sp³-hybridized carbons (Fsp3) is 0.259. The van der Waals surface area contributed by atoms with Gasteiger partial charge in [-0.2, -0.15) is 0 Å². The normalized spacial score (nSPS) is 11.2. The Hall–Kier alpha value is -3.49. The van der Waals surface area contributed by atoms with Crippen LogP contribution in [-0.4, -0.2) is 37.6 Å². The average Bonchev–Trinajstić information content (AvgIpc) is 2.85. The number of nitrogens with one attached hydrogen (secondary N) is 1.